The van der Waals surface area contributed by atoms with Crippen molar-refractivity contribution in [1.82, 2.24) is 9.55 Å². The van der Waals surface area contributed by atoms with Crippen LogP contribution in [0.3, 0.4) is 0 Å². The molecular formula is C24H20N2O4S. The van der Waals surface area contributed by atoms with Crippen molar-refractivity contribution >= 4 is 27.3 Å². The normalized spacial score (nSPS) is 13.2. The molecule has 0 saturated carbocycles. The van der Waals surface area contributed by atoms with Crippen molar-refractivity contribution in [2.75, 3.05) is 13.2 Å². The van der Waals surface area contributed by atoms with Gasteiger partial charge in [-0.25, -0.2) is 4.98 Å². The largest absolute Gasteiger partial charge is 0.490 e. The summed E-state index contributed by atoms with van der Waals surface area (Å²) in [6.07, 6.45) is 2.25. The summed E-state index contributed by atoms with van der Waals surface area (Å²) in [6.45, 7) is 2.98. The summed E-state index contributed by atoms with van der Waals surface area (Å²) in [5.41, 5.74) is 2.21. The minimum atomic E-state index is -0.205. The lowest BCUT2D eigenvalue weighted by Crippen LogP contribution is -2.24. The number of Topliss-reactive ketones (excluding diaryl/α,β-unsaturated/α-hetero) is 1. The molecule has 0 radical (unpaired) electrons. The van der Waals surface area contributed by atoms with E-state index < -0.39 is 0 Å². The van der Waals surface area contributed by atoms with Crippen molar-refractivity contribution in [2.45, 2.75) is 19.9 Å². The van der Waals surface area contributed by atoms with E-state index in [4.69, 9.17) is 9.47 Å². The van der Waals surface area contributed by atoms with Crippen molar-refractivity contribution in [3.05, 3.63) is 76.3 Å². The summed E-state index contributed by atoms with van der Waals surface area (Å²) in [5, 5.41) is 0.567. The van der Waals surface area contributed by atoms with Crippen molar-refractivity contribution in [1.29, 1.82) is 0 Å². The van der Waals surface area contributed by atoms with Gasteiger partial charge in [0.15, 0.2) is 17.3 Å². The number of ketones is 1. The number of hydrogen-bond donors (Lipinski definition) is 0. The fourth-order valence-corrected chi connectivity index (χ4v) is 4.86. The third-order valence-corrected chi connectivity index (χ3v) is 6.59. The van der Waals surface area contributed by atoms with E-state index in [1.165, 1.54) is 22.2 Å². The standard InChI is InChI=1S/C24H20N2O4S/c1-15-21-23(31-22(15)16-6-3-2-4-7-16)25-14-26(24(21)28)13-18(27)17-8-9-19-20(12-17)30-11-5-10-29-19/h2-4,6-9,12,14H,5,10-11,13H2,1H3. The van der Waals surface area contributed by atoms with Gasteiger partial charge in [0, 0.05) is 16.9 Å². The summed E-state index contributed by atoms with van der Waals surface area (Å²) in [5.74, 6) is 1.01. The Labute approximate surface area is 182 Å². The summed E-state index contributed by atoms with van der Waals surface area (Å²) in [4.78, 5) is 32.2. The van der Waals surface area contributed by atoms with Gasteiger partial charge in [-0.1, -0.05) is 30.3 Å². The molecule has 0 spiro atoms. The zero-order chi connectivity index (χ0) is 21.4. The number of thiophene rings is 1. The third-order valence-electron chi connectivity index (χ3n) is 5.34. The van der Waals surface area contributed by atoms with Gasteiger partial charge in [-0.2, -0.15) is 0 Å². The van der Waals surface area contributed by atoms with Crippen molar-refractivity contribution in [2.24, 2.45) is 0 Å². The fourth-order valence-electron chi connectivity index (χ4n) is 3.72. The number of fused-ring (bicyclic) bond motifs is 2. The Balaban J connectivity index is 1.48. The van der Waals surface area contributed by atoms with E-state index in [9.17, 15) is 9.59 Å². The van der Waals surface area contributed by atoms with Gasteiger partial charge < -0.3 is 9.47 Å². The summed E-state index contributed by atoms with van der Waals surface area (Å²) in [6, 6.07) is 15.1. The summed E-state index contributed by atoms with van der Waals surface area (Å²) >= 11 is 1.49. The van der Waals surface area contributed by atoms with Gasteiger partial charge in [0.25, 0.3) is 5.56 Å². The second-order valence-electron chi connectivity index (χ2n) is 7.42. The van der Waals surface area contributed by atoms with Crippen LogP contribution in [-0.2, 0) is 6.54 Å². The number of rotatable bonds is 4. The number of nitrogens with zero attached hydrogens (tertiary/aromatic N) is 2. The lowest BCUT2D eigenvalue weighted by Gasteiger charge is -2.09. The second-order valence-corrected chi connectivity index (χ2v) is 8.41. The van der Waals surface area contributed by atoms with Gasteiger partial charge in [0.1, 0.15) is 4.83 Å². The number of ether oxygens (including phenoxy) is 2. The smallest absolute Gasteiger partial charge is 0.262 e. The first-order chi connectivity index (χ1) is 15.1. The Hall–Kier alpha value is -3.45. The number of carbonyl (C=O) groups is 1. The van der Waals surface area contributed by atoms with Crippen LogP contribution >= 0.6 is 11.3 Å². The van der Waals surface area contributed by atoms with Gasteiger partial charge in [0.2, 0.25) is 0 Å². The van der Waals surface area contributed by atoms with Gasteiger partial charge >= 0.3 is 0 Å². The Morgan fingerprint density at radius 2 is 1.87 bits per heavy atom. The molecule has 0 atom stereocenters. The summed E-state index contributed by atoms with van der Waals surface area (Å²) < 4.78 is 12.7. The lowest BCUT2D eigenvalue weighted by molar-refractivity contribution is 0.0970. The highest BCUT2D eigenvalue weighted by Crippen LogP contribution is 2.35. The Morgan fingerprint density at radius 3 is 2.68 bits per heavy atom. The highest BCUT2D eigenvalue weighted by molar-refractivity contribution is 7.22. The zero-order valence-corrected chi connectivity index (χ0v) is 17.8. The molecule has 6 nitrogen and oxygen atoms in total. The fraction of sp³-hybridized carbons (Fsp3) is 0.208. The molecule has 156 valence electrons. The maximum absolute atomic E-state index is 13.2. The van der Waals surface area contributed by atoms with E-state index in [1.54, 1.807) is 18.2 Å². The highest BCUT2D eigenvalue weighted by atomic mass is 32.1. The van der Waals surface area contributed by atoms with Gasteiger partial charge in [-0.15, -0.1) is 11.3 Å². The monoisotopic (exact) mass is 432 g/mol. The van der Waals surface area contributed by atoms with Crippen molar-refractivity contribution in [3.63, 3.8) is 0 Å². The summed E-state index contributed by atoms with van der Waals surface area (Å²) in [7, 11) is 0. The molecule has 1 aliphatic rings. The zero-order valence-electron chi connectivity index (χ0n) is 17.0. The van der Waals surface area contributed by atoms with Crippen LogP contribution in [-0.4, -0.2) is 28.5 Å². The van der Waals surface area contributed by atoms with Crippen LogP contribution in [0, 0.1) is 6.92 Å². The molecule has 0 N–H and O–H groups in total. The molecule has 0 unspecified atom stereocenters. The van der Waals surface area contributed by atoms with Crippen LogP contribution in [0.4, 0.5) is 0 Å². The molecule has 7 heteroatoms. The van der Waals surface area contributed by atoms with E-state index in [-0.39, 0.29) is 17.9 Å². The average Bonchev–Trinajstić information content (AvgIpc) is 2.96. The van der Waals surface area contributed by atoms with Crippen LogP contribution in [0.25, 0.3) is 20.7 Å². The maximum Gasteiger partial charge on any atom is 0.262 e. The molecule has 5 rings (SSSR count). The lowest BCUT2D eigenvalue weighted by atomic mass is 10.1. The predicted octanol–water partition coefficient (Wildman–Crippen LogP) is 4.48. The number of hydrogen-bond acceptors (Lipinski definition) is 6. The van der Waals surface area contributed by atoms with Crippen molar-refractivity contribution < 1.29 is 14.3 Å². The number of benzene rings is 2. The molecular weight excluding hydrogens is 412 g/mol. The number of carbonyl (C=O) groups excluding carboxylic acids is 1. The number of aromatic nitrogens is 2. The SMILES string of the molecule is Cc1c(-c2ccccc2)sc2ncn(CC(=O)c3ccc4c(c3)OCCCO4)c(=O)c12. The minimum absolute atomic E-state index is 0.0859. The minimum Gasteiger partial charge on any atom is -0.490 e. The van der Waals surface area contributed by atoms with E-state index in [1.807, 2.05) is 37.3 Å². The molecule has 0 fully saturated rings. The van der Waals surface area contributed by atoms with Gasteiger partial charge in [-0.05, 0) is 36.2 Å². The Bertz CT molecular complexity index is 1340. The molecule has 4 aromatic rings. The topological polar surface area (TPSA) is 70.4 Å². The first kappa shape index (κ1) is 19.5. The van der Waals surface area contributed by atoms with E-state index in [0.29, 0.717) is 40.5 Å². The molecule has 1 aliphatic heterocycles. The van der Waals surface area contributed by atoms with Crippen LogP contribution in [0.2, 0.25) is 0 Å². The van der Waals surface area contributed by atoms with Crippen LogP contribution in [0.1, 0.15) is 22.3 Å². The predicted molar refractivity (Wildman–Crippen MR) is 120 cm³/mol. The molecule has 2 aromatic heterocycles. The highest BCUT2D eigenvalue weighted by Gasteiger charge is 2.18. The third kappa shape index (κ3) is 3.61. The van der Waals surface area contributed by atoms with E-state index >= 15 is 0 Å². The molecule has 0 aliphatic carbocycles. The first-order valence-corrected chi connectivity index (χ1v) is 10.9. The molecule has 0 amide bonds. The Kier molecular flexibility index (Phi) is 5.03. The van der Waals surface area contributed by atoms with E-state index in [2.05, 4.69) is 4.98 Å². The molecule has 31 heavy (non-hydrogen) atoms. The quantitative estimate of drug-likeness (QED) is 0.445. The first-order valence-electron chi connectivity index (χ1n) is 10.1. The van der Waals surface area contributed by atoms with Crippen LogP contribution in [0.5, 0.6) is 11.5 Å². The Morgan fingerprint density at radius 1 is 1.10 bits per heavy atom. The van der Waals surface area contributed by atoms with Crippen LogP contribution < -0.4 is 15.0 Å². The van der Waals surface area contributed by atoms with Gasteiger partial charge in [-0.3, -0.25) is 14.2 Å². The van der Waals surface area contributed by atoms with Crippen molar-refractivity contribution in [3.8, 4) is 21.9 Å². The van der Waals surface area contributed by atoms with E-state index in [0.717, 1.165) is 22.4 Å². The maximum atomic E-state index is 13.2. The molecule has 0 saturated heterocycles. The van der Waals surface area contributed by atoms with Crippen LogP contribution in [0.15, 0.2) is 59.7 Å². The average molecular weight is 433 g/mol. The number of aryl methyl sites for hydroxylation is 1. The molecule has 0 bridgehead atoms. The molecule has 3 heterocycles. The second kappa shape index (κ2) is 8.00. The molecule has 2 aromatic carbocycles. The van der Waals surface area contributed by atoms with Gasteiger partial charge in [0.05, 0.1) is 31.5 Å².